The summed E-state index contributed by atoms with van der Waals surface area (Å²) in [7, 11) is 0. The Hall–Kier alpha value is -1.97. The summed E-state index contributed by atoms with van der Waals surface area (Å²) in [5.41, 5.74) is 8.39. The van der Waals surface area contributed by atoms with Crippen LogP contribution >= 0.6 is 0 Å². The van der Waals surface area contributed by atoms with Crippen LogP contribution in [0.15, 0.2) is 60.7 Å². The van der Waals surface area contributed by atoms with Gasteiger partial charge in [0.2, 0.25) is 0 Å². The summed E-state index contributed by atoms with van der Waals surface area (Å²) in [6.07, 6.45) is 4.20. The monoisotopic (exact) mass is 310 g/mol. The summed E-state index contributed by atoms with van der Waals surface area (Å²) in [6.45, 7) is 3.69. The summed E-state index contributed by atoms with van der Waals surface area (Å²) in [5.74, 6) is 0.829. The van der Waals surface area contributed by atoms with E-state index in [0.29, 0.717) is 11.8 Å². The Morgan fingerprint density at radius 1 is 1.04 bits per heavy atom. The van der Waals surface area contributed by atoms with Crippen LogP contribution in [0, 0.1) is 11.7 Å². The Morgan fingerprint density at radius 3 is 2.48 bits per heavy atom. The normalized spacial score (nSPS) is 22.0. The number of halogens is 1. The largest absolute Gasteiger partial charge is 0.330 e. The molecule has 2 aromatic carbocycles. The quantitative estimate of drug-likeness (QED) is 0.915. The standard InChI is InChI=1S/C20H23FN2/c21-19-10-8-16(9-11-19)5-4-12-23-14-18(13-22)20(15-23)17-6-2-1-3-7-17/h1-11,18,20H,12-15,22H2/b5-4+/t18-,20+/m1/s1. The van der Waals surface area contributed by atoms with Gasteiger partial charge in [-0.05, 0) is 35.7 Å². The Labute approximate surface area is 137 Å². The molecular formula is C20H23FN2. The summed E-state index contributed by atoms with van der Waals surface area (Å²) in [4.78, 5) is 2.44. The highest BCUT2D eigenvalue weighted by Crippen LogP contribution is 2.31. The summed E-state index contributed by atoms with van der Waals surface area (Å²) < 4.78 is 12.9. The zero-order chi connectivity index (χ0) is 16.1. The van der Waals surface area contributed by atoms with E-state index in [4.69, 9.17) is 5.73 Å². The van der Waals surface area contributed by atoms with Crippen LogP contribution in [-0.4, -0.2) is 31.1 Å². The topological polar surface area (TPSA) is 29.3 Å². The van der Waals surface area contributed by atoms with E-state index in [9.17, 15) is 4.39 Å². The van der Waals surface area contributed by atoms with Crippen LogP contribution in [0.5, 0.6) is 0 Å². The Bertz CT molecular complexity index is 636. The van der Waals surface area contributed by atoms with Gasteiger partial charge in [-0.25, -0.2) is 4.39 Å². The maximum atomic E-state index is 12.9. The number of benzene rings is 2. The molecule has 2 N–H and O–H groups in total. The molecule has 2 nitrogen and oxygen atoms in total. The molecule has 1 fully saturated rings. The van der Waals surface area contributed by atoms with E-state index >= 15 is 0 Å². The fraction of sp³-hybridized carbons (Fsp3) is 0.300. The summed E-state index contributed by atoms with van der Waals surface area (Å²) >= 11 is 0. The van der Waals surface area contributed by atoms with E-state index in [0.717, 1.165) is 31.7 Å². The molecule has 1 aliphatic rings. The maximum Gasteiger partial charge on any atom is 0.123 e. The first-order valence-corrected chi connectivity index (χ1v) is 8.15. The fourth-order valence-electron chi connectivity index (χ4n) is 3.34. The van der Waals surface area contributed by atoms with Gasteiger partial charge in [-0.1, -0.05) is 54.6 Å². The van der Waals surface area contributed by atoms with Crippen LogP contribution in [0.25, 0.3) is 6.08 Å². The second-order valence-corrected chi connectivity index (χ2v) is 6.19. The van der Waals surface area contributed by atoms with Crippen LogP contribution in [0.4, 0.5) is 4.39 Å². The van der Waals surface area contributed by atoms with E-state index in [2.05, 4.69) is 41.3 Å². The highest BCUT2D eigenvalue weighted by Gasteiger charge is 2.31. The lowest BCUT2D eigenvalue weighted by molar-refractivity contribution is 0.360. The molecule has 1 saturated heterocycles. The molecule has 0 aliphatic carbocycles. The van der Waals surface area contributed by atoms with Crippen LogP contribution < -0.4 is 5.73 Å². The zero-order valence-corrected chi connectivity index (χ0v) is 13.2. The SMILES string of the molecule is NC[C@@H]1CN(C/C=C/c2ccc(F)cc2)C[C@H]1c1ccccc1. The first-order chi connectivity index (χ1) is 11.3. The third kappa shape index (κ3) is 4.06. The van der Waals surface area contributed by atoms with Crippen molar-refractivity contribution in [2.24, 2.45) is 11.7 Å². The van der Waals surface area contributed by atoms with Crippen molar-refractivity contribution in [3.05, 3.63) is 77.6 Å². The second-order valence-electron chi connectivity index (χ2n) is 6.19. The molecule has 23 heavy (non-hydrogen) atoms. The van der Waals surface area contributed by atoms with Gasteiger partial charge in [0, 0.05) is 25.6 Å². The van der Waals surface area contributed by atoms with Gasteiger partial charge in [-0.2, -0.15) is 0 Å². The molecule has 2 aromatic rings. The van der Waals surface area contributed by atoms with Gasteiger partial charge < -0.3 is 5.73 Å². The minimum atomic E-state index is -0.196. The average molecular weight is 310 g/mol. The molecule has 0 saturated carbocycles. The predicted molar refractivity (Wildman–Crippen MR) is 93.6 cm³/mol. The van der Waals surface area contributed by atoms with Crippen molar-refractivity contribution in [3.8, 4) is 0 Å². The van der Waals surface area contributed by atoms with Crippen molar-refractivity contribution in [3.63, 3.8) is 0 Å². The molecular weight excluding hydrogens is 287 g/mol. The minimum Gasteiger partial charge on any atom is -0.330 e. The summed E-state index contributed by atoms with van der Waals surface area (Å²) in [5, 5.41) is 0. The van der Waals surface area contributed by atoms with Gasteiger partial charge in [0.15, 0.2) is 0 Å². The van der Waals surface area contributed by atoms with E-state index in [1.54, 1.807) is 12.1 Å². The fourth-order valence-corrected chi connectivity index (χ4v) is 3.34. The molecule has 0 unspecified atom stereocenters. The van der Waals surface area contributed by atoms with E-state index in [1.807, 2.05) is 6.08 Å². The van der Waals surface area contributed by atoms with Gasteiger partial charge in [-0.15, -0.1) is 0 Å². The van der Waals surface area contributed by atoms with E-state index in [-0.39, 0.29) is 5.82 Å². The minimum absolute atomic E-state index is 0.196. The Kier molecular flexibility index (Phi) is 5.21. The number of hydrogen-bond acceptors (Lipinski definition) is 2. The van der Waals surface area contributed by atoms with Crippen molar-refractivity contribution in [1.82, 2.24) is 4.90 Å². The molecule has 3 rings (SSSR count). The summed E-state index contributed by atoms with van der Waals surface area (Å²) in [6, 6.07) is 17.2. The molecule has 1 heterocycles. The van der Waals surface area contributed by atoms with E-state index < -0.39 is 0 Å². The van der Waals surface area contributed by atoms with Gasteiger partial charge in [0.25, 0.3) is 0 Å². The van der Waals surface area contributed by atoms with Gasteiger partial charge >= 0.3 is 0 Å². The van der Waals surface area contributed by atoms with Crippen LogP contribution in [-0.2, 0) is 0 Å². The lowest BCUT2D eigenvalue weighted by atomic mass is 9.89. The molecule has 0 aromatic heterocycles. The highest BCUT2D eigenvalue weighted by atomic mass is 19.1. The second kappa shape index (κ2) is 7.53. The Morgan fingerprint density at radius 2 is 1.78 bits per heavy atom. The molecule has 2 atom stereocenters. The van der Waals surface area contributed by atoms with Gasteiger partial charge in [-0.3, -0.25) is 4.90 Å². The molecule has 0 radical (unpaired) electrons. The molecule has 0 bridgehead atoms. The van der Waals surface area contributed by atoms with Crippen molar-refractivity contribution in [2.45, 2.75) is 5.92 Å². The lowest BCUT2D eigenvalue weighted by Crippen LogP contribution is -2.23. The highest BCUT2D eigenvalue weighted by molar-refractivity contribution is 5.49. The first-order valence-electron chi connectivity index (χ1n) is 8.15. The van der Waals surface area contributed by atoms with Crippen molar-refractivity contribution < 1.29 is 4.39 Å². The number of nitrogens with two attached hydrogens (primary N) is 1. The zero-order valence-electron chi connectivity index (χ0n) is 13.2. The smallest absolute Gasteiger partial charge is 0.123 e. The maximum absolute atomic E-state index is 12.9. The van der Waals surface area contributed by atoms with Crippen molar-refractivity contribution >= 4 is 6.08 Å². The van der Waals surface area contributed by atoms with Gasteiger partial charge in [0.05, 0.1) is 0 Å². The number of hydrogen-bond donors (Lipinski definition) is 1. The molecule has 0 spiro atoms. The predicted octanol–water partition coefficient (Wildman–Crippen LogP) is 3.51. The number of nitrogens with zero attached hydrogens (tertiary/aromatic N) is 1. The van der Waals surface area contributed by atoms with Crippen LogP contribution in [0.1, 0.15) is 17.0 Å². The number of rotatable bonds is 5. The first kappa shape index (κ1) is 15.9. The van der Waals surface area contributed by atoms with Crippen LogP contribution in [0.2, 0.25) is 0 Å². The van der Waals surface area contributed by atoms with Gasteiger partial charge in [0.1, 0.15) is 5.82 Å². The lowest BCUT2D eigenvalue weighted by Gasteiger charge is -2.16. The third-order valence-corrected chi connectivity index (χ3v) is 4.59. The van der Waals surface area contributed by atoms with Crippen molar-refractivity contribution in [1.29, 1.82) is 0 Å². The molecule has 0 amide bonds. The van der Waals surface area contributed by atoms with E-state index in [1.165, 1.54) is 17.7 Å². The number of likely N-dealkylation sites (tertiary alicyclic amines) is 1. The van der Waals surface area contributed by atoms with Crippen LogP contribution in [0.3, 0.4) is 0 Å². The Balaban J connectivity index is 1.60. The van der Waals surface area contributed by atoms with Crippen molar-refractivity contribution in [2.75, 3.05) is 26.2 Å². The average Bonchev–Trinajstić information content (AvgIpc) is 3.01. The molecule has 3 heteroatoms. The third-order valence-electron chi connectivity index (χ3n) is 4.59. The molecule has 120 valence electrons. The molecule has 1 aliphatic heterocycles.